The van der Waals surface area contributed by atoms with Crippen LogP contribution in [0.4, 0.5) is 4.39 Å². The summed E-state index contributed by atoms with van der Waals surface area (Å²) in [7, 11) is 0. The van der Waals surface area contributed by atoms with Crippen LogP contribution in [0.2, 0.25) is 0 Å². The summed E-state index contributed by atoms with van der Waals surface area (Å²) in [5, 5.41) is 17.5. The van der Waals surface area contributed by atoms with Crippen molar-refractivity contribution in [2.45, 2.75) is 13.0 Å². The third-order valence-electron chi connectivity index (χ3n) is 5.41. The summed E-state index contributed by atoms with van der Waals surface area (Å²) in [4.78, 5) is 26.2. The number of rotatable bonds is 4. The number of benzene rings is 1. The molecule has 1 aromatic heterocycles. The molecule has 0 aliphatic carbocycles. The highest BCUT2D eigenvalue weighted by molar-refractivity contribution is 5.93. The first-order valence-electron chi connectivity index (χ1n) is 8.73. The van der Waals surface area contributed by atoms with Gasteiger partial charge in [-0.1, -0.05) is 17.3 Å². The zero-order chi connectivity index (χ0) is 19.0. The number of nitrogens with zero attached hydrogens (tertiary/aromatic N) is 4. The van der Waals surface area contributed by atoms with E-state index in [2.05, 4.69) is 10.3 Å². The summed E-state index contributed by atoms with van der Waals surface area (Å²) in [5.74, 6) is -1.81. The predicted molar refractivity (Wildman–Crippen MR) is 90.4 cm³/mol. The van der Waals surface area contributed by atoms with Crippen LogP contribution in [-0.4, -0.2) is 63.2 Å². The number of hydrogen-bond donors (Lipinski definition) is 1. The Balaban J connectivity index is 1.49. The molecule has 0 unspecified atom stereocenters. The lowest BCUT2D eigenvalue weighted by Crippen LogP contribution is -2.45. The number of aliphatic carboxylic acids is 1. The quantitative estimate of drug-likeness (QED) is 0.858. The van der Waals surface area contributed by atoms with Gasteiger partial charge in [-0.25, -0.2) is 9.07 Å². The molecule has 3 heterocycles. The van der Waals surface area contributed by atoms with E-state index in [1.165, 1.54) is 27.9 Å². The van der Waals surface area contributed by atoms with Crippen molar-refractivity contribution >= 4 is 11.9 Å². The fourth-order valence-electron chi connectivity index (χ4n) is 3.91. The average Bonchev–Trinajstić information content (AvgIpc) is 3.26. The molecule has 0 radical (unpaired) electrons. The Morgan fingerprint density at radius 3 is 3.00 bits per heavy atom. The summed E-state index contributed by atoms with van der Waals surface area (Å²) in [6.07, 6.45) is 1.89. The zero-order valence-electron chi connectivity index (χ0n) is 14.5. The molecule has 142 valence electrons. The number of likely N-dealkylation sites (tertiary alicyclic amines) is 1. The molecule has 8 nitrogen and oxygen atoms in total. The fourth-order valence-corrected chi connectivity index (χ4v) is 3.91. The molecule has 2 aliphatic rings. The third-order valence-corrected chi connectivity index (χ3v) is 5.41. The van der Waals surface area contributed by atoms with E-state index in [0.717, 1.165) is 0 Å². The Kier molecular flexibility index (Phi) is 4.39. The highest BCUT2D eigenvalue weighted by atomic mass is 19.1. The van der Waals surface area contributed by atoms with Crippen molar-refractivity contribution in [3.63, 3.8) is 0 Å². The van der Waals surface area contributed by atoms with Gasteiger partial charge in [-0.2, -0.15) is 0 Å². The van der Waals surface area contributed by atoms with Gasteiger partial charge in [0.25, 0.3) is 5.91 Å². The standard InChI is InChI=1S/C18H19FN4O4/c19-14-3-1-2-12(6-14)7-23-9-15(20-21-23)16(24)22-8-13-10-27-5-4-18(13,11-22)17(25)26/h1-3,6,9,13H,4-5,7-8,10-11H2,(H,25,26)/t13-,18+/m0/s1. The number of carbonyl (C=O) groups is 2. The summed E-state index contributed by atoms with van der Waals surface area (Å²) in [6.45, 7) is 1.47. The Bertz CT molecular complexity index is 886. The second kappa shape index (κ2) is 6.73. The minimum Gasteiger partial charge on any atom is -0.481 e. The van der Waals surface area contributed by atoms with Gasteiger partial charge in [0.2, 0.25) is 0 Å². The van der Waals surface area contributed by atoms with Gasteiger partial charge in [-0.15, -0.1) is 5.10 Å². The number of hydrogen-bond acceptors (Lipinski definition) is 5. The molecule has 0 spiro atoms. The van der Waals surface area contributed by atoms with E-state index in [0.29, 0.717) is 31.7 Å². The van der Waals surface area contributed by atoms with Crippen LogP contribution in [0, 0.1) is 17.2 Å². The Labute approximate surface area is 154 Å². The largest absolute Gasteiger partial charge is 0.481 e. The minimum absolute atomic E-state index is 0.145. The van der Waals surface area contributed by atoms with Crippen LogP contribution in [0.5, 0.6) is 0 Å². The van der Waals surface area contributed by atoms with Crippen LogP contribution >= 0.6 is 0 Å². The van der Waals surface area contributed by atoms with Gasteiger partial charge in [0.15, 0.2) is 5.69 Å². The van der Waals surface area contributed by atoms with Crippen molar-refractivity contribution in [2.75, 3.05) is 26.3 Å². The van der Waals surface area contributed by atoms with Crippen LogP contribution in [0.15, 0.2) is 30.5 Å². The highest BCUT2D eigenvalue weighted by Gasteiger charge is 2.55. The van der Waals surface area contributed by atoms with Crippen LogP contribution < -0.4 is 0 Å². The number of halogens is 1. The second-order valence-electron chi connectivity index (χ2n) is 7.10. The highest BCUT2D eigenvalue weighted by Crippen LogP contribution is 2.42. The smallest absolute Gasteiger partial charge is 0.311 e. The Morgan fingerprint density at radius 2 is 2.26 bits per heavy atom. The first-order chi connectivity index (χ1) is 13.0. The van der Waals surface area contributed by atoms with Crippen LogP contribution in [0.1, 0.15) is 22.5 Å². The number of fused-ring (bicyclic) bond motifs is 1. The SMILES string of the molecule is O=C(c1cn(Cc2cccc(F)c2)nn1)N1C[C@H]2COCC[C@@]2(C(=O)O)C1. The Morgan fingerprint density at radius 1 is 1.41 bits per heavy atom. The monoisotopic (exact) mass is 374 g/mol. The fraction of sp³-hybridized carbons (Fsp3) is 0.444. The minimum atomic E-state index is -0.953. The van der Waals surface area contributed by atoms with Crippen molar-refractivity contribution < 1.29 is 23.8 Å². The van der Waals surface area contributed by atoms with Gasteiger partial charge < -0.3 is 14.7 Å². The first-order valence-corrected chi connectivity index (χ1v) is 8.73. The van der Waals surface area contributed by atoms with Crippen LogP contribution in [-0.2, 0) is 16.1 Å². The average molecular weight is 374 g/mol. The van der Waals surface area contributed by atoms with E-state index in [4.69, 9.17) is 4.74 Å². The first kappa shape index (κ1) is 17.6. The van der Waals surface area contributed by atoms with Crippen molar-refractivity contribution in [1.29, 1.82) is 0 Å². The van der Waals surface area contributed by atoms with E-state index in [1.807, 2.05) is 0 Å². The number of aromatic nitrogens is 3. The van der Waals surface area contributed by atoms with Crippen LogP contribution in [0.3, 0.4) is 0 Å². The van der Waals surface area contributed by atoms with E-state index in [-0.39, 0.29) is 36.4 Å². The molecule has 0 bridgehead atoms. The lowest BCUT2D eigenvalue weighted by molar-refractivity contribution is -0.157. The predicted octanol–water partition coefficient (Wildman–Crippen LogP) is 1.03. The maximum atomic E-state index is 13.3. The Hall–Kier alpha value is -2.81. The topological polar surface area (TPSA) is 97.5 Å². The molecular formula is C18H19FN4O4. The molecule has 1 aromatic carbocycles. The van der Waals surface area contributed by atoms with Gasteiger partial charge in [0, 0.05) is 25.6 Å². The van der Waals surface area contributed by atoms with Crippen molar-refractivity contribution in [3.05, 3.63) is 47.5 Å². The van der Waals surface area contributed by atoms with E-state index in [1.54, 1.807) is 12.1 Å². The zero-order valence-corrected chi connectivity index (χ0v) is 14.5. The number of ether oxygens (including phenoxy) is 1. The summed E-state index contributed by atoms with van der Waals surface area (Å²) < 4.78 is 20.2. The van der Waals surface area contributed by atoms with Gasteiger partial charge in [-0.05, 0) is 24.1 Å². The summed E-state index contributed by atoms with van der Waals surface area (Å²) in [5.41, 5.74) is -0.106. The molecule has 1 amide bonds. The van der Waals surface area contributed by atoms with E-state index >= 15 is 0 Å². The van der Waals surface area contributed by atoms with Crippen LogP contribution in [0.25, 0.3) is 0 Å². The number of carboxylic acids is 1. The van der Waals surface area contributed by atoms with Crippen molar-refractivity contribution in [2.24, 2.45) is 11.3 Å². The number of carboxylic acid groups (broad SMARTS) is 1. The van der Waals surface area contributed by atoms with E-state index < -0.39 is 11.4 Å². The molecule has 2 fully saturated rings. The molecule has 0 saturated carbocycles. The molecule has 9 heteroatoms. The van der Waals surface area contributed by atoms with Gasteiger partial charge in [0.1, 0.15) is 5.82 Å². The van der Waals surface area contributed by atoms with E-state index in [9.17, 15) is 19.1 Å². The molecule has 1 N–H and O–H groups in total. The maximum Gasteiger partial charge on any atom is 0.311 e. The molecule has 2 aliphatic heterocycles. The second-order valence-corrected chi connectivity index (χ2v) is 7.10. The molecule has 27 heavy (non-hydrogen) atoms. The van der Waals surface area contributed by atoms with Crippen molar-refractivity contribution in [1.82, 2.24) is 19.9 Å². The summed E-state index contributed by atoms with van der Waals surface area (Å²) in [6, 6.07) is 6.11. The normalized spacial score (nSPS) is 24.6. The molecule has 2 atom stereocenters. The number of carbonyl (C=O) groups excluding carboxylic acids is 1. The lowest BCUT2D eigenvalue weighted by Gasteiger charge is -2.33. The van der Waals surface area contributed by atoms with Gasteiger partial charge in [-0.3, -0.25) is 9.59 Å². The van der Waals surface area contributed by atoms with Crippen molar-refractivity contribution in [3.8, 4) is 0 Å². The molecular weight excluding hydrogens is 355 g/mol. The molecule has 4 rings (SSSR count). The third kappa shape index (κ3) is 3.18. The lowest BCUT2D eigenvalue weighted by atomic mass is 9.74. The molecule has 2 aromatic rings. The van der Waals surface area contributed by atoms with Gasteiger partial charge >= 0.3 is 5.97 Å². The van der Waals surface area contributed by atoms with Gasteiger partial charge in [0.05, 0.1) is 24.8 Å². The molecule has 2 saturated heterocycles. The maximum absolute atomic E-state index is 13.3. The number of amides is 1. The summed E-state index contributed by atoms with van der Waals surface area (Å²) >= 11 is 0.